The summed E-state index contributed by atoms with van der Waals surface area (Å²) in [6, 6.07) is 12.1. The summed E-state index contributed by atoms with van der Waals surface area (Å²) in [7, 11) is 0. The number of nitrogens with zero attached hydrogens (tertiary/aromatic N) is 2. The third-order valence-corrected chi connectivity index (χ3v) is 3.43. The molecule has 0 spiro atoms. The number of nitrogens with one attached hydrogen (secondary N) is 1. The Bertz CT molecular complexity index is 644. The van der Waals surface area contributed by atoms with Gasteiger partial charge >= 0.3 is 0 Å². The van der Waals surface area contributed by atoms with E-state index in [0.717, 1.165) is 16.2 Å². The topological polar surface area (TPSA) is 67.6 Å². The van der Waals surface area contributed by atoms with Crippen molar-refractivity contribution in [1.29, 1.82) is 0 Å². The van der Waals surface area contributed by atoms with E-state index in [1.54, 1.807) is 6.20 Å². The van der Waals surface area contributed by atoms with E-state index in [-0.39, 0.29) is 0 Å². The second-order valence-corrected chi connectivity index (χ2v) is 4.87. The van der Waals surface area contributed by atoms with E-state index < -0.39 is 0 Å². The Morgan fingerprint density at radius 1 is 1.22 bits per heavy atom. The standard InChI is InChI=1S/C13H12N4S/c14-8-10-5-6-15-13(16-10)18-12-7-9-3-1-2-4-11(9)17-12/h1-7,17H,8,14H2. The van der Waals surface area contributed by atoms with Gasteiger partial charge in [0.05, 0.1) is 10.7 Å². The fourth-order valence-corrected chi connectivity index (χ4v) is 2.56. The van der Waals surface area contributed by atoms with Crippen LogP contribution < -0.4 is 5.73 Å². The SMILES string of the molecule is NCc1ccnc(Sc2cc3ccccc3[nH]2)n1. The van der Waals surface area contributed by atoms with Crippen molar-refractivity contribution in [1.82, 2.24) is 15.0 Å². The summed E-state index contributed by atoms with van der Waals surface area (Å²) in [6.45, 7) is 0.433. The molecule has 0 saturated heterocycles. The van der Waals surface area contributed by atoms with E-state index in [2.05, 4.69) is 33.2 Å². The average molecular weight is 256 g/mol. The van der Waals surface area contributed by atoms with Crippen LogP contribution in [0.4, 0.5) is 0 Å². The number of hydrogen-bond donors (Lipinski definition) is 2. The number of fused-ring (bicyclic) bond motifs is 1. The number of hydrogen-bond acceptors (Lipinski definition) is 4. The zero-order chi connectivity index (χ0) is 12.4. The number of H-pyrrole nitrogens is 1. The lowest BCUT2D eigenvalue weighted by Gasteiger charge is -1.99. The largest absolute Gasteiger partial charge is 0.349 e. The second kappa shape index (κ2) is 4.80. The molecule has 4 nitrogen and oxygen atoms in total. The molecule has 3 aromatic rings. The van der Waals surface area contributed by atoms with Gasteiger partial charge in [0.15, 0.2) is 5.16 Å². The fraction of sp³-hybridized carbons (Fsp3) is 0.0769. The highest BCUT2D eigenvalue weighted by Gasteiger charge is 2.04. The molecule has 3 N–H and O–H groups in total. The summed E-state index contributed by atoms with van der Waals surface area (Å²) in [5.74, 6) is 0. The van der Waals surface area contributed by atoms with Gasteiger partial charge in [-0.05, 0) is 30.0 Å². The molecular weight excluding hydrogens is 244 g/mol. The van der Waals surface area contributed by atoms with Crippen LogP contribution in [0.3, 0.4) is 0 Å². The summed E-state index contributed by atoms with van der Waals surface area (Å²) in [4.78, 5) is 11.9. The van der Waals surface area contributed by atoms with Gasteiger partial charge in [-0.1, -0.05) is 18.2 Å². The Hall–Kier alpha value is -1.85. The van der Waals surface area contributed by atoms with E-state index in [1.165, 1.54) is 17.1 Å². The molecule has 0 unspecified atom stereocenters. The van der Waals surface area contributed by atoms with Gasteiger partial charge in [0, 0.05) is 23.6 Å². The first-order valence-corrected chi connectivity index (χ1v) is 6.44. The minimum absolute atomic E-state index is 0.433. The van der Waals surface area contributed by atoms with Crippen molar-refractivity contribution in [2.24, 2.45) is 5.73 Å². The lowest BCUT2D eigenvalue weighted by Crippen LogP contribution is -2.00. The first kappa shape index (κ1) is 11.3. The molecule has 3 rings (SSSR count). The fourth-order valence-electron chi connectivity index (χ4n) is 1.74. The van der Waals surface area contributed by atoms with E-state index in [9.17, 15) is 0 Å². The molecule has 0 radical (unpaired) electrons. The van der Waals surface area contributed by atoms with Gasteiger partial charge < -0.3 is 10.7 Å². The lowest BCUT2D eigenvalue weighted by molar-refractivity contribution is 0.873. The highest BCUT2D eigenvalue weighted by Crippen LogP contribution is 2.27. The number of rotatable bonds is 3. The maximum absolute atomic E-state index is 5.57. The monoisotopic (exact) mass is 256 g/mol. The smallest absolute Gasteiger partial charge is 0.194 e. The van der Waals surface area contributed by atoms with Gasteiger partial charge in [-0.2, -0.15) is 0 Å². The predicted octanol–water partition coefficient (Wildman–Crippen LogP) is 2.57. The Morgan fingerprint density at radius 2 is 2.11 bits per heavy atom. The highest BCUT2D eigenvalue weighted by atomic mass is 32.2. The van der Waals surface area contributed by atoms with Crippen LogP contribution in [0.2, 0.25) is 0 Å². The van der Waals surface area contributed by atoms with Crippen molar-refractivity contribution in [2.45, 2.75) is 16.7 Å². The highest BCUT2D eigenvalue weighted by molar-refractivity contribution is 7.99. The number of aromatic amines is 1. The summed E-state index contributed by atoms with van der Waals surface area (Å²) in [5, 5.41) is 2.94. The van der Waals surface area contributed by atoms with Crippen molar-refractivity contribution in [3.05, 3.63) is 48.3 Å². The summed E-state index contributed by atoms with van der Waals surface area (Å²) >= 11 is 1.51. The molecule has 0 aliphatic rings. The second-order valence-electron chi connectivity index (χ2n) is 3.86. The van der Waals surface area contributed by atoms with Crippen LogP contribution in [0.15, 0.2) is 52.8 Å². The summed E-state index contributed by atoms with van der Waals surface area (Å²) < 4.78 is 0. The van der Waals surface area contributed by atoms with Gasteiger partial charge in [0.1, 0.15) is 0 Å². The van der Waals surface area contributed by atoms with E-state index in [1.807, 2.05) is 18.2 Å². The molecular formula is C13H12N4S. The molecule has 0 fully saturated rings. The third kappa shape index (κ3) is 2.23. The molecule has 5 heteroatoms. The van der Waals surface area contributed by atoms with Gasteiger partial charge in [0.25, 0.3) is 0 Å². The Labute approximate surface area is 109 Å². The van der Waals surface area contributed by atoms with Crippen LogP contribution in [-0.4, -0.2) is 15.0 Å². The molecule has 1 aromatic carbocycles. The van der Waals surface area contributed by atoms with Gasteiger partial charge in [-0.15, -0.1) is 0 Å². The van der Waals surface area contributed by atoms with Crippen LogP contribution in [0.1, 0.15) is 5.69 Å². The molecule has 90 valence electrons. The van der Waals surface area contributed by atoms with E-state index in [4.69, 9.17) is 5.73 Å². The first-order valence-electron chi connectivity index (χ1n) is 5.63. The van der Waals surface area contributed by atoms with Crippen LogP contribution >= 0.6 is 11.8 Å². The quantitative estimate of drug-likeness (QED) is 0.707. The Morgan fingerprint density at radius 3 is 2.94 bits per heavy atom. The summed E-state index contributed by atoms with van der Waals surface area (Å²) in [6.07, 6.45) is 1.74. The lowest BCUT2D eigenvalue weighted by atomic mass is 10.3. The summed E-state index contributed by atoms with van der Waals surface area (Å²) in [5.41, 5.74) is 7.54. The molecule has 2 heterocycles. The van der Waals surface area contributed by atoms with Gasteiger partial charge in [-0.25, -0.2) is 9.97 Å². The molecule has 0 amide bonds. The van der Waals surface area contributed by atoms with Crippen molar-refractivity contribution < 1.29 is 0 Å². The molecule has 2 aromatic heterocycles. The van der Waals surface area contributed by atoms with Crippen molar-refractivity contribution in [3.8, 4) is 0 Å². The molecule has 0 saturated carbocycles. The molecule has 0 bridgehead atoms. The average Bonchev–Trinajstić information content (AvgIpc) is 2.81. The molecule has 18 heavy (non-hydrogen) atoms. The molecule has 0 atom stereocenters. The third-order valence-electron chi connectivity index (χ3n) is 2.61. The number of aromatic nitrogens is 3. The maximum atomic E-state index is 5.57. The minimum Gasteiger partial charge on any atom is -0.349 e. The number of benzene rings is 1. The van der Waals surface area contributed by atoms with Crippen LogP contribution in [-0.2, 0) is 6.54 Å². The number of nitrogens with two attached hydrogens (primary N) is 1. The van der Waals surface area contributed by atoms with Crippen molar-refractivity contribution >= 4 is 22.7 Å². The van der Waals surface area contributed by atoms with E-state index in [0.29, 0.717) is 11.7 Å². The zero-order valence-corrected chi connectivity index (χ0v) is 10.4. The zero-order valence-electron chi connectivity index (χ0n) is 9.63. The Kier molecular flexibility index (Phi) is 3.00. The van der Waals surface area contributed by atoms with Crippen LogP contribution in [0.25, 0.3) is 10.9 Å². The Balaban J connectivity index is 1.91. The first-order chi connectivity index (χ1) is 8.85. The van der Waals surface area contributed by atoms with E-state index >= 15 is 0 Å². The van der Waals surface area contributed by atoms with Crippen LogP contribution in [0.5, 0.6) is 0 Å². The normalized spacial score (nSPS) is 10.9. The number of para-hydroxylation sites is 1. The predicted molar refractivity (Wildman–Crippen MR) is 72.3 cm³/mol. The maximum Gasteiger partial charge on any atom is 0.194 e. The van der Waals surface area contributed by atoms with Crippen molar-refractivity contribution in [3.63, 3.8) is 0 Å². The molecule has 0 aliphatic heterocycles. The van der Waals surface area contributed by atoms with Gasteiger partial charge in [-0.3, -0.25) is 0 Å². The minimum atomic E-state index is 0.433. The van der Waals surface area contributed by atoms with Gasteiger partial charge in [0.2, 0.25) is 0 Å². The van der Waals surface area contributed by atoms with Crippen LogP contribution in [0, 0.1) is 0 Å². The van der Waals surface area contributed by atoms with Crippen molar-refractivity contribution in [2.75, 3.05) is 0 Å². The molecule has 0 aliphatic carbocycles.